The van der Waals surface area contributed by atoms with Gasteiger partial charge in [-0.05, 0) is 30.7 Å². The zero-order valence-electron chi connectivity index (χ0n) is 13.1. The summed E-state index contributed by atoms with van der Waals surface area (Å²) in [6.07, 6.45) is 4.00. The Kier molecular flexibility index (Phi) is 7.08. The van der Waals surface area contributed by atoms with Crippen molar-refractivity contribution in [3.05, 3.63) is 42.5 Å². The third-order valence-electron chi connectivity index (χ3n) is 3.38. The van der Waals surface area contributed by atoms with E-state index in [0.717, 1.165) is 29.2 Å². The van der Waals surface area contributed by atoms with Crippen LogP contribution in [0.2, 0.25) is 0 Å². The highest BCUT2D eigenvalue weighted by Gasteiger charge is 2.09. The summed E-state index contributed by atoms with van der Waals surface area (Å²) in [7, 11) is -1.11. The molecule has 7 heteroatoms. The first-order valence-electron chi connectivity index (χ1n) is 7.59. The van der Waals surface area contributed by atoms with Crippen molar-refractivity contribution in [1.29, 1.82) is 0 Å². The maximum atomic E-state index is 12.5. The summed E-state index contributed by atoms with van der Waals surface area (Å²) in [5, 5.41) is 12.5. The first kappa shape index (κ1) is 18.0. The second-order valence-corrected chi connectivity index (χ2v) is 7.04. The fourth-order valence-electron chi connectivity index (χ4n) is 2.14. The van der Waals surface area contributed by atoms with Gasteiger partial charge in [0.15, 0.2) is 0 Å². The van der Waals surface area contributed by atoms with Gasteiger partial charge in [0.05, 0.1) is 40.6 Å². The third kappa shape index (κ3) is 5.34. The lowest BCUT2D eigenvalue weighted by Gasteiger charge is -2.11. The lowest BCUT2D eigenvalue weighted by atomic mass is 10.3. The molecule has 0 aliphatic rings. The summed E-state index contributed by atoms with van der Waals surface area (Å²) in [5.74, 6) is 0.651. The molecule has 2 aromatic rings. The quantitative estimate of drug-likeness (QED) is 0.678. The largest absolute Gasteiger partial charge is 0.390 e. The van der Waals surface area contributed by atoms with E-state index in [0.29, 0.717) is 12.3 Å². The molecular formula is C16H22ClN3O2S. The summed E-state index contributed by atoms with van der Waals surface area (Å²) in [6, 6.07) is 7.40. The van der Waals surface area contributed by atoms with Crippen LogP contribution in [0.1, 0.15) is 19.0 Å². The second-order valence-electron chi connectivity index (χ2n) is 5.28. The summed E-state index contributed by atoms with van der Waals surface area (Å²) in [5.41, 5.74) is 1.85. The molecule has 0 saturated heterocycles. The van der Waals surface area contributed by atoms with Gasteiger partial charge in [-0.25, -0.2) is 4.98 Å². The van der Waals surface area contributed by atoms with Crippen LogP contribution < -0.4 is 5.32 Å². The number of anilines is 1. The van der Waals surface area contributed by atoms with Crippen LogP contribution >= 0.6 is 11.6 Å². The molecule has 2 atom stereocenters. The minimum atomic E-state index is -1.11. The summed E-state index contributed by atoms with van der Waals surface area (Å²) in [4.78, 5) is 4.91. The highest BCUT2D eigenvalue weighted by molar-refractivity contribution is 7.84. The van der Waals surface area contributed by atoms with Gasteiger partial charge in [0, 0.05) is 29.9 Å². The van der Waals surface area contributed by atoms with Crippen LogP contribution in [0.4, 0.5) is 5.69 Å². The first-order chi connectivity index (χ1) is 11.1. The van der Waals surface area contributed by atoms with Gasteiger partial charge >= 0.3 is 0 Å². The van der Waals surface area contributed by atoms with Crippen molar-refractivity contribution in [2.45, 2.75) is 36.6 Å². The number of hydrogen-bond donors (Lipinski definition) is 2. The molecule has 23 heavy (non-hydrogen) atoms. The molecule has 2 rings (SSSR count). The molecule has 0 amide bonds. The molecule has 1 aromatic carbocycles. The predicted octanol–water partition coefficient (Wildman–Crippen LogP) is 2.61. The molecule has 126 valence electrons. The van der Waals surface area contributed by atoms with Crippen LogP contribution in [0.5, 0.6) is 0 Å². The Hall–Kier alpha value is -1.37. The minimum absolute atomic E-state index is 0.195. The predicted molar refractivity (Wildman–Crippen MR) is 94.3 cm³/mol. The van der Waals surface area contributed by atoms with Crippen LogP contribution in [0.3, 0.4) is 0 Å². The van der Waals surface area contributed by atoms with Crippen molar-refractivity contribution in [1.82, 2.24) is 9.55 Å². The zero-order chi connectivity index (χ0) is 16.7. The number of nitrogens with one attached hydrogen (secondary N) is 1. The number of rotatable bonds is 9. The number of aryl methyl sites for hydroxylation is 1. The van der Waals surface area contributed by atoms with Gasteiger partial charge in [0.1, 0.15) is 0 Å². The van der Waals surface area contributed by atoms with Gasteiger partial charge in [0.25, 0.3) is 0 Å². The molecule has 0 saturated carbocycles. The summed E-state index contributed by atoms with van der Waals surface area (Å²) >= 11 is 5.55. The van der Waals surface area contributed by atoms with Crippen LogP contribution in [0.25, 0.3) is 0 Å². The fraction of sp³-hybridized carbons (Fsp3) is 0.438. The van der Waals surface area contributed by atoms with Crippen molar-refractivity contribution >= 4 is 28.1 Å². The van der Waals surface area contributed by atoms with E-state index in [1.807, 2.05) is 28.8 Å². The molecular weight excluding hydrogens is 334 g/mol. The average molecular weight is 356 g/mol. The summed E-state index contributed by atoms with van der Waals surface area (Å²) in [6.45, 7) is 3.38. The van der Waals surface area contributed by atoms with Crippen LogP contribution in [-0.2, 0) is 23.1 Å². The minimum Gasteiger partial charge on any atom is -0.390 e. The smallest absolute Gasteiger partial charge is 0.0948 e. The number of halogens is 1. The Balaban J connectivity index is 1.96. The Morgan fingerprint density at radius 2 is 2.13 bits per heavy atom. The monoisotopic (exact) mass is 355 g/mol. The average Bonchev–Trinajstić information content (AvgIpc) is 3.00. The fourth-order valence-corrected chi connectivity index (χ4v) is 3.37. The molecule has 0 aliphatic heterocycles. The Labute approximate surface area is 144 Å². The molecule has 2 unspecified atom stereocenters. The molecule has 0 aliphatic carbocycles. The van der Waals surface area contributed by atoms with Gasteiger partial charge in [-0.3, -0.25) is 4.21 Å². The Morgan fingerprint density at radius 1 is 1.39 bits per heavy atom. The number of alkyl halides is 1. The van der Waals surface area contributed by atoms with E-state index < -0.39 is 16.9 Å². The number of aliphatic hydroxyl groups excluding tert-OH is 1. The normalized spacial score (nSPS) is 13.7. The van der Waals surface area contributed by atoms with Crippen LogP contribution in [0.15, 0.2) is 41.7 Å². The summed E-state index contributed by atoms with van der Waals surface area (Å²) < 4.78 is 14.5. The molecule has 5 nitrogen and oxygen atoms in total. The van der Waals surface area contributed by atoms with Crippen molar-refractivity contribution in [3.8, 4) is 0 Å². The zero-order valence-corrected chi connectivity index (χ0v) is 14.7. The van der Waals surface area contributed by atoms with E-state index in [2.05, 4.69) is 17.2 Å². The molecule has 0 spiro atoms. The highest BCUT2D eigenvalue weighted by Crippen LogP contribution is 2.16. The van der Waals surface area contributed by atoms with E-state index >= 15 is 0 Å². The molecule has 0 bridgehead atoms. The number of imidazole rings is 1. The maximum Gasteiger partial charge on any atom is 0.0948 e. The number of benzene rings is 1. The van der Waals surface area contributed by atoms with E-state index in [1.54, 1.807) is 12.5 Å². The van der Waals surface area contributed by atoms with E-state index in [1.165, 1.54) is 0 Å². The van der Waals surface area contributed by atoms with Crippen molar-refractivity contribution in [3.63, 3.8) is 0 Å². The van der Waals surface area contributed by atoms with Gasteiger partial charge in [-0.2, -0.15) is 0 Å². The van der Waals surface area contributed by atoms with E-state index in [4.69, 9.17) is 11.6 Å². The topological polar surface area (TPSA) is 67.2 Å². The molecule has 0 fully saturated rings. The lowest BCUT2D eigenvalue weighted by Crippen LogP contribution is -2.20. The second kappa shape index (κ2) is 9.05. The standard InChI is InChI=1S/C16H22ClN3O2S/c1-2-7-20-12-18-9-14(20)11-23(22)16-5-3-13(4-6-16)19-10-15(21)8-17/h3-6,9,12,15,19,21H,2,7-8,10-11H2,1H3. The SMILES string of the molecule is CCCn1cncc1CS(=O)c1ccc(NCC(O)CCl)cc1. The number of aliphatic hydroxyl groups is 1. The molecule has 0 radical (unpaired) electrons. The highest BCUT2D eigenvalue weighted by atomic mass is 35.5. The molecule has 1 aromatic heterocycles. The van der Waals surface area contributed by atoms with Gasteiger partial charge in [-0.1, -0.05) is 6.92 Å². The van der Waals surface area contributed by atoms with Gasteiger partial charge in [0.2, 0.25) is 0 Å². The van der Waals surface area contributed by atoms with E-state index in [9.17, 15) is 9.32 Å². The van der Waals surface area contributed by atoms with Crippen LogP contribution in [0, 0.1) is 0 Å². The van der Waals surface area contributed by atoms with E-state index in [-0.39, 0.29) is 5.88 Å². The molecule has 1 heterocycles. The van der Waals surface area contributed by atoms with Crippen molar-refractivity contribution in [2.75, 3.05) is 17.7 Å². The third-order valence-corrected chi connectivity index (χ3v) is 5.09. The Morgan fingerprint density at radius 3 is 2.78 bits per heavy atom. The van der Waals surface area contributed by atoms with Gasteiger partial charge in [-0.15, -0.1) is 11.6 Å². The maximum absolute atomic E-state index is 12.5. The lowest BCUT2D eigenvalue weighted by molar-refractivity contribution is 0.211. The first-order valence-corrected chi connectivity index (χ1v) is 9.44. The van der Waals surface area contributed by atoms with Crippen molar-refractivity contribution in [2.24, 2.45) is 0 Å². The Bertz CT molecular complexity index is 631. The number of aromatic nitrogens is 2. The molecule has 2 N–H and O–H groups in total. The van der Waals surface area contributed by atoms with Crippen molar-refractivity contribution < 1.29 is 9.32 Å². The number of nitrogens with zero attached hydrogens (tertiary/aromatic N) is 2. The van der Waals surface area contributed by atoms with Gasteiger partial charge < -0.3 is 15.0 Å². The number of hydrogen-bond acceptors (Lipinski definition) is 4. The van der Waals surface area contributed by atoms with Crippen LogP contribution in [-0.4, -0.2) is 37.4 Å².